The van der Waals surface area contributed by atoms with Gasteiger partial charge in [0.15, 0.2) is 6.23 Å². The molecular formula is C16H30NO5Si+. The quantitative estimate of drug-likeness (QED) is 0.317. The highest BCUT2D eigenvalue weighted by atomic mass is 28.4. The van der Waals surface area contributed by atoms with Crippen LogP contribution in [0.3, 0.4) is 0 Å². The molecule has 0 aromatic heterocycles. The van der Waals surface area contributed by atoms with E-state index in [0.29, 0.717) is 6.61 Å². The first-order valence-corrected chi connectivity index (χ1v) is 10.6. The number of quaternary nitrogens is 1. The van der Waals surface area contributed by atoms with Gasteiger partial charge in [-0.2, -0.15) is 0 Å². The summed E-state index contributed by atoms with van der Waals surface area (Å²) < 4.78 is 25.0. The molecule has 7 heteroatoms. The summed E-state index contributed by atoms with van der Waals surface area (Å²) in [5.41, 5.74) is 0. The lowest BCUT2D eigenvalue weighted by molar-refractivity contribution is -0.934. The van der Waals surface area contributed by atoms with Crippen LogP contribution in [0.4, 0.5) is 0 Å². The third-order valence-electron chi connectivity index (χ3n) is 4.90. The number of rotatable bonds is 6. The maximum absolute atomic E-state index is 11.5. The molecule has 2 atom stereocenters. The van der Waals surface area contributed by atoms with Crippen LogP contribution in [-0.2, 0) is 22.8 Å². The van der Waals surface area contributed by atoms with Crippen LogP contribution in [0.1, 0.15) is 33.6 Å². The number of hydrogen-bond acceptors (Lipinski definition) is 5. The molecule has 0 spiro atoms. The number of nitrogens with zero attached hydrogens (tertiary/aromatic N) is 1. The fraction of sp³-hybridized carbons (Fsp3) is 0.812. The topological polar surface area (TPSA) is 54.0 Å². The molecule has 0 saturated carbocycles. The van der Waals surface area contributed by atoms with Gasteiger partial charge in [0, 0.05) is 6.08 Å². The van der Waals surface area contributed by atoms with Crippen LogP contribution in [0.2, 0.25) is 0 Å². The first kappa shape index (κ1) is 18.6. The fourth-order valence-electron chi connectivity index (χ4n) is 3.36. The number of esters is 1. The zero-order valence-corrected chi connectivity index (χ0v) is 15.6. The van der Waals surface area contributed by atoms with Gasteiger partial charge in [0.2, 0.25) is 0 Å². The number of hydrogen-bond donors (Lipinski definition) is 0. The molecule has 23 heavy (non-hydrogen) atoms. The summed E-state index contributed by atoms with van der Waals surface area (Å²) in [5.74, 6) is -0.466. The summed E-state index contributed by atoms with van der Waals surface area (Å²) in [4.78, 5) is 11.5. The molecule has 0 N–H and O–H groups in total. The standard InChI is InChI=1S/C16H30NO5Si/c1-5-14-11-17(8-4)9-10-20-23(21-14,13-19-16(18)7-3)22-15(6-2)12-17/h7,14-15H,3,5-6,8-13H2,1-2,4H3/q+1. The van der Waals surface area contributed by atoms with Gasteiger partial charge in [0.25, 0.3) is 0 Å². The maximum Gasteiger partial charge on any atom is 0.541 e. The number of likely N-dealkylation sites (N-methyl/N-ethyl adjacent to an activating group) is 1. The minimum absolute atomic E-state index is 0.0664. The monoisotopic (exact) mass is 344 g/mol. The lowest BCUT2D eigenvalue weighted by Crippen LogP contribution is -2.68. The number of carbonyl (C=O) groups is 1. The van der Waals surface area contributed by atoms with Crippen LogP contribution in [-0.4, -0.2) is 70.5 Å². The van der Waals surface area contributed by atoms with Crippen molar-refractivity contribution in [1.82, 2.24) is 0 Å². The van der Waals surface area contributed by atoms with Crippen LogP contribution in [0.5, 0.6) is 0 Å². The molecule has 3 heterocycles. The lowest BCUT2D eigenvalue weighted by Gasteiger charge is -2.49. The van der Waals surface area contributed by atoms with E-state index in [1.807, 2.05) is 0 Å². The van der Waals surface area contributed by atoms with E-state index in [1.165, 1.54) is 0 Å². The molecule has 3 fully saturated rings. The van der Waals surface area contributed by atoms with E-state index in [4.69, 9.17) is 18.0 Å². The molecule has 3 aliphatic rings. The second-order valence-corrected chi connectivity index (χ2v) is 8.80. The van der Waals surface area contributed by atoms with Crippen LogP contribution < -0.4 is 0 Å². The molecule has 0 aliphatic carbocycles. The van der Waals surface area contributed by atoms with Crippen molar-refractivity contribution in [3.63, 3.8) is 0 Å². The average molecular weight is 345 g/mol. The molecule has 3 rings (SSSR count). The van der Waals surface area contributed by atoms with Gasteiger partial charge < -0.3 is 22.5 Å². The predicted molar refractivity (Wildman–Crippen MR) is 88.6 cm³/mol. The highest BCUT2D eigenvalue weighted by Crippen LogP contribution is 2.29. The SMILES string of the molecule is C=CC(=O)OC[Si]12OCC[N+](CC)(CC(CC)O1)CC(CC)O2. The summed E-state index contributed by atoms with van der Waals surface area (Å²) in [6, 6.07) is 0. The van der Waals surface area contributed by atoms with Crippen molar-refractivity contribution in [3.8, 4) is 0 Å². The Morgan fingerprint density at radius 1 is 1.26 bits per heavy atom. The van der Waals surface area contributed by atoms with Gasteiger partial charge in [-0.3, -0.25) is 0 Å². The Morgan fingerprint density at radius 2 is 1.87 bits per heavy atom. The van der Waals surface area contributed by atoms with Crippen LogP contribution in [0, 0.1) is 0 Å². The third kappa shape index (κ3) is 4.42. The fourth-order valence-corrected chi connectivity index (χ4v) is 5.99. The van der Waals surface area contributed by atoms with E-state index >= 15 is 0 Å². The first-order valence-electron chi connectivity index (χ1n) is 8.64. The zero-order valence-electron chi connectivity index (χ0n) is 14.6. The Balaban J connectivity index is 2.26. The van der Waals surface area contributed by atoms with Crippen molar-refractivity contribution >= 4 is 14.8 Å². The molecule has 3 aliphatic heterocycles. The summed E-state index contributed by atoms with van der Waals surface area (Å²) >= 11 is 0. The van der Waals surface area contributed by atoms with Crippen molar-refractivity contribution in [2.24, 2.45) is 0 Å². The summed E-state index contributed by atoms with van der Waals surface area (Å²) in [6.45, 7) is 14.4. The van der Waals surface area contributed by atoms with Crippen LogP contribution in [0.15, 0.2) is 12.7 Å². The van der Waals surface area contributed by atoms with Crippen molar-refractivity contribution in [1.29, 1.82) is 0 Å². The molecule has 0 aromatic rings. The van der Waals surface area contributed by atoms with Crippen molar-refractivity contribution in [3.05, 3.63) is 12.7 Å². The van der Waals surface area contributed by atoms with Gasteiger partial charge in [-0.05, 0) is 19.8 Å². The minimum atomic E-state index is -3.02. The second kappa shape index (κ2) is 7.89. The largest absolute Gasteiger partial charge is 0.541 e. The van der Waals surface area contributed by atoms with Crippen LogP contribution >= 0.6 is 0 Å². The second-order valence-electron chi connectivity index (χ2n) is 6.39. The Bertz CT molecular complexity index is 415. The number of ether oxygens (including phenoxy) is 1. The van der Waals surface area contributed by atoms with E-state index in [-0.39, 0.29) is 18.4 Å². The minimum Gasteiger partial charge on any atom is -0.458 e. The van der Waals surface area contributed by atoms with Crippen LogP contribution in [0.25, 0.3) is 0 Å². The van der Waals surface area contributed by atoms with Gasteiger partial charge in [-0.1, -0.05) is 20.4 Å². The smallest absolute Gasteiger partial charge is 0.458 e. The molecule has 0 aromatic carbocycles. The van der Waals surface area contributed by atoms with Gasteiger partial charge in [0.05, 0.1) is 25.4 Å². The molecule has 2 unspecified atom stereocenters. The first-order chi connectivity index (χ1) is 11.0. The van der Waals surface area contributed by atoms with Gasteiger partial charge >= 0.3 is 14.8 Å². The lowest BCUT2D eigenvalue weighted by atomic mass is 10.1. The molecular weight excluding hydrogens is 314 g/mol. The molecule has 0 amide bonds. The summed E-state index contributed by atoms with van der Waals surface area (Å²) in [6.07, 6.45) is 3.16. The Kier molecular flexibility index (Phi) is 6.38. The number of fused-ring (bicyclic) bond motifs is 6. The van der Waals surface area contributed by atoms with Crippen molar-refractivity contribution in [2.45, 2.75) is 45.8 Å². The molecule has 6 nitrogen and oxygen atoms in total. The Morgan fingerprint density at radius 3 is 2.35 bits per heavy atom. The van der Waals surface area contributed by atoms with Gasteiger partial charge in [0.1, 0.15) is 19.6 Å². The van der Waals surface area contributed by atoms with E-state index in [0.717, 1.165) is 49.6 Å². The molecule has 3 saturated heterocycles. The normalized spacial score (nSPS) is 37.5. The highest BCUT2D eigenvalue weighted by Gasteiger charge is 2.53. The molecule has 132 valence electrons. The Labute approximate surface area is 140 Å². The summed E-state index contributed by atoms with van der Waals surface area (Å²) in [5, 5.41) is 0. The van der Waals surface area contributed by atoms with Crippen molar-refractivity contribution in [2.75, 3.05) is 39.0 Å². The summed E-state index contributed by atoms with van der Waals surface area (Å²) in [7, 11) is -3.02. The number of carbonyl (C=O) groups excluding carboxylic acids is 1. The average Bonchev–Trinajstić information content (AvgIpc) is 2.53. The predicted octanol–water partition coefficient (Wildman–Crippen LogP) is 1.66. The third-order valence-corrected chi connectivity index (χ3v) is 7.43. The Hall–Kier alpha value is -0.733. The zero-order chi connectivity index (χ0) is 16.9. The highest BCUT2D eigenvalue weighted by molar-refractivity contribution is 6.61. The molecule has 2 bridgehead atoms. The molecule has 0 radical (unpaired) electrons. The van der Waals surface area contributed by atoms with Gasteiger partial charge in [-0.15, -0.1) is 0 Å². The van der Waals surface area contributed by atoms with E-state index in [1.54, 1.807) is 0 Å². The van der Waals surface area contributed by atoms with Crippen molar-refractivity contribution < 1.29 is 27.3 Å². The van der Waals surface area contributed by atoms with E-state index < -0.39 is 14.8 Å². The van der Waals surface area contributed by atoms with Gasteiger partial charge in [-0.25, -0.2) is 4.79 Å². The van der Waals surface area contributed by atoms with E-state index in [9.17, 15) is 4.79 Å². The van der Waals surface area contributed by atoms with E-state index in [2.05, 4.69) is 27.4 Å². The maximum atomic E-state index is 11.5.